The van der Waals surface area contributed by atoms with Gasteiger partial charge in [-0.25, -0.2) is 4.68 Å². The number of carbonyl (C=O) groups is 1. The lowest BCUT2D eigenvalue weighted by Crippen LogP contribution is -2.18. The Labute approximate surface area is 192 Å². The molecule has 3 aromatic rings. The smallest absolute Gasteiger partial charge is 0.236 e. The van der Waals surface area contributed by atoms with Crippen LogP contribution < -0.4 is 21.2 Å². The van der Waals surface area contributed by atoms with E-state index in [1.807, 2.05) is 24.3 Å². The van der Waals surface area contributed by atoms with E-state index in [-0.39, 0.29) is 11.7 Å². The fourth-order valence-electron chi connectivity index (χ4n) is 2.26. The summed E-state index contributed by atoms with van der Waals surface area (Å²) >= 11 is 4.20. The summed E-state index contributed by atoms with van der Waals surface area (Å²) in [7, 11) is 1.62. The van der Waals surface area contributed by atoms with Crippen molar-refractivity contribution in [2.45, 2.75) is 29.9 Å². The van der Waals surface area contributed by atoms with Crippen LogP contribution in [0.3, 0.4) is 0 Å². The highest BCUT2D eigenvalue weighted by Crippen LogP contribution is 2.27. The molecule has 10 nitrogen and oxygen atoms in total. The molecule has 0 radical (unpaired) electrons. The Morgan fingerprint density at radius 2 is 1.97 bits per heavy atom. The zero-order valence-electron chi connectivity index (χ0n) is 17.4. The predicted molar refractivity (Wildman–Crippen MR) is 125 cm³/mol. The van der Waals surface area contributed by atoms with E-state index < -0.39 is 0 Å². The maximum atomic E-state index is 12.2. The van der Waals surface area contributed by atoms with Gasteiger partial charge < -0.3 is 15.9 Å². The Bertz CT molecular complexity index is 990. The van der Waals surface area contributed by atoms with Crippen LogP contribution in [-0.4, -0.2) is 49.6 Å². The first-order valence-electron chi connectivity index (χ1n) is 9.41. The summed E-state index contributed by atoms with van der Waals surface area (Å²) in [4.78, 5) is 12.2. The summed E-state index contributed by atoms with van der Waals surface area (Å²) in [6, 6.07) is 7.52. The van der Waals surface area contributed by atoms with Crippen LogP contribution in [0, 0.1) is 5.92 Å². The van der Waals surface area contributed by atoms with Crippen molar-refractivity contribution < 1.29 is 9.53 Å². The topological polar surface area (TPSA) is 133 Å². The summed E-state index contributed by atoms with van der Waals surface area (Å²) in [6.45, 7) is 4.68. The van der Waals surface area contributed by atoms with Crippen molar-refractivity contribution in [3.8, 4) is 5.75 Å². The number of hydrogen-bond donors (Lipinski definition) is 3. The Morgan fingerprint density at radius 1 is 1.19 bits per heavy atom. The number of thioether (sulfide) groups is 2. The van der Waals surface area contributed by atoms with Crippen LogP contribution >= 0.6 is 34.9 Å². The van der Waals surface area contributed by atoms with Gasteiger partial charge in [0.05, 0.1) is 19.4 Å². The van der Waals surface area contributed by atoms with E-state index in [9.17, 15) is 4.79 Å². The van der Waals surface area contributed by atoms with Gasteiger partial charge in [-0.2, -0.15) is 0 Å². The highest BCUT2D eigenvalue weighted by molar-refractivity contribution is 8.01. The zero-order valence-corrected chi connectivity index (χ0v) is 19.8. The molecule has 0 aliphatic rings. The second-order valence-corrected chi connectivity index (χ2v) is 9.95. The molecule has 0 unspecified atom stereocenters. The van der Waals surface area contributed by atoms with E-state index in [1.165, 1.54) is 27.8 Å². The number of nitrogen functional groups attached to an aromatic ring is 1. The van der Waals surface area contributed by atoms with Crippen molar-refractivity contribution in [3.63, 3.8) is 0 Å². The van der Waals surface area contributed by atoms with Gasteiger partial charge >= 0.3 is 0 Å². The lowest BCUT2D eigenvalue weighted by Gasteiger charge is -2.07. The fraction of sp³-hybridized carbons (Fsp3) is 0.389. The summed E-state index contributed by atoms with van der Waals surface area (Å²) in [5, 5.41) is 23.1. The number of nitrogens with one attached hydrogen (secondary N) is 2. The van der Waals surface area contributed by atoms with Gasteiger partial charge in [0.15, 0.2) is 10.2 Å². The van der Waals surface area contributed by atoms with Crippen molar-refractivity contribution in [3.05, 3.63) is 30.1 Å². The highest BCUT2D eigenvalue weighted by Gasteiger charge is 2.14. The van der Waals surface area contributed by atoms with Gasteiger partial charge in [0.2, 0.25) is 16.2 Å². The van der Waals surface area contributed by atoms with Crippen molar-refractivity contribution >= 4 is 51.6 Å². The van der Waals surface area contributed by atoms with Crippen LogP contribution in [0.25, 0.3) is 0 Å². The molecule has 31 heavy (non-hydrogen) atoms. The van der Waals surface area contributed by atoms with Crippen LogP contribution in [0.1, 0.15) is 19.7 Å². The first-order chi connectivity index (χ1) is 14.9. The number of nitrogens with two attached hydrogens (primary N) is 1. The molecule has 0 saturated heterocycles. The monoisotopic (exact) mass is 480 g/mol. The lowest BCUT2D eigenvalue weighted by molar-refractivity contribution is -0.113. The number of benzene rings is 1. The molecule has 0 atom stereocenters. The van der Waals surface area contributed by atoms with Crippen molar-refractivity contribution in [2.24, 2.45) is 5.92 Å². The number of methoxy groups -OCH3 is 1. The van der Waals surface area contributed by atoms with Crippen molar-refractivity contribution in [1.29, 1.82) is 0 Å². The largest absolute Gasteiger partial charge is 0.497 e. The third kappa shape index (κ3) is 7.01. The predicted octanol–water partition coefficient (Wildman–Crippen LogP) is 2.94. The minimum atomic E-state index is -0.206. The van der Waals surface area contributed by atoms with Crippen LogP contribution in [0.4, 0.5) is 10.8 Å². The number of ether oxygens (including phenoxy) is 1. The van der Waals surface area contributed by atoms with Crippen LogP contribution in [0.2, 0.25) is 0 Å². The van der Waals surface area contributed by atoms with E-state index in [4.69, 9.17) is 10.6 Å². The SMILES string of the molecule is COc1ccc(NCc2nnc(SCC(=O)Nc3nnc(SCC(C)C)s3)n2N)cc1. The number of aromatic nitrogens is 5. The van der Waals surface area contributed by atoms with Crippen LogP contribution in [0.15, 0.2) is 33.8 Å². The molecule has 0 aliphatic heterocycles. The average molecular weight is 481 g/mol. The van der Waals surface area contributed by atoms with Crippen LogP contribution in [-0.2, 0) is 11.3 Å². The normalized spacial score (nSPS) is 11.0. The Balaban J connectivity index is 1.46. The average Bonchev–Trinajstić information content (AvgIpc) is 3.35. The fourth-order valence-corrected chi connectivity index (χ4v) is 4.68. The van der Waals surface area contributed by atoms with Gasteiger partial charge in [0.1, 0.15) is 5.75 Å². The van der Waals surface area contributed by atoms with Gasteiger partial charge in [-0.15, -0.1) is 20.4 Å². The number of nitrogens with zero attached hydrogens (tertiary/aromatic N) is 5. The first kappa shape index (κ1) is 23.2. The summed E-state index contributed by atoms with van der Waals surface area (Å²) in [5.41, 5.74) is 0.903. The Morgan fingerprint density at radius 3 is 2.68 bits per heavy atom. The minimum absolute atomic E-state index is 0.134. The molecule has 4 N–H and O–H groups in total. The molecule has 0 spiro atoms. The third-order valence-electron chi connectivity index (χ3n) is 3.80. The van der Waals surface area contributed by atoms with Gasteiger partial charge in [0.25, 0.3) is 0 Å². The second kappa shape index (κ2) is 11.2. The maximum absolute atomic E-state index is 12.2. The van der Waals surface area contributed by atoms with Crippen molar-refractivity contribution in [1.82, 2.24) is 25.1 Å². The molecular formula is C18H24N8O2S3. The molecule has 3 rings (SSSR count). The lowest BCUT2D eigenvalue weighted by atomic mass is 10.3. The molecular weight excluding hydrogens is 456 g/mol. The molecule has 13 heteroatoms. The molecule has 1 amide bonds. The van der Waals surface area contributed by atoms with Crippen LogP contribution in [0.5, 0.6) is 5.75 Å². The van der Waals surface area contributed by atoms with Gasteiger partial charge in [-0.1, -0.05) is 48.7 Å². The Hall–Kier alpha value is -2.51. The zero-order chi connectivity index (χ0) is 22.2. The molecule has 0 fully saturated rings. The number of hydrogen-bond acceptors (Lipinski definition) is 11. The van der Waals surface area contributed by atoms with E-state index in [0.29, 0.717) is 28.6 Å². The van der Waals surface area contributed by atoms with E-state index in [2.05, 4.69) is 44.9 Å². The summed E-state index contributed by atoms with van der Waals surface area (Å²) in [6.07, 6.45) is 0. The second-order valence-electron chi connectivity index (χ2n) is 6.77. The van der Waals surface area contributed by atoms with Crippen molar-refractivity contribution in [2.75, 3.05) is 35.1 Å². The number of anilines is 2. The number of carbonyl (C=O) groups excluding carboxylic acids is 1. The first-order valence-corrected chi connectivity index (χ1v) is 12.2. The van der Waals surface area contributed by atoms with Gasteiger partial charge in [-0.05, 0) is 30.2 Å². The molecule has 2 aromatic heterocycles. The molecule has 2 heterocycles. The molecule has 1 aromatic carbocycles. The summed E-state index contributed by atoms with van der Waals surface area (Å²) in [5.74, 6) is 8.85. The molecule has 0 saturated carbocycles. The van der Waals surface area contributed by atoms with Gasteiger partial charge in [-0.3, -0.25) is 10.1 Å². The third-order valence-corrected chi connectivity index (χ3v) is 7.14. The minimum Gasteiger partial charge on any atom is -0.497 e. The molecule has 0 aliphatic carbocycles. The van der Waals surface area contributed by atoms with Gasteiger partial charge in [0, 0.05) is 11.4 Å². The molecule has 166 valence electrons. The maximum Gasteiger partial charge on any atom is 0.236 e. The van der Waals surface area contributed by atoms with E-state index in [1.54, 1.807) is 18.9 Å². The number of amides is 1. The standard InChI is InChI=1S/C18H24N8O2S3/c1-11(2)9-30-18-25-23-16(31-18)21-15(27)10-29-17-24-22-14(26(17)19)8-20-12-4-6-13(28-3)7-5-12/h4-7,11,20H,8-10,19H2,1-3H3,(H,21,23,27). The van der Waals surface area contributed by atoms with E-state index >= 15 is 0 Å². The number of rotatable bonds is 11. The molecule has 0 bridgehead atoms. The summed E-state index contributed by atoms with van der Waals surface area (Å²) < 4.78 is 7.36. The Kier molecular flexibility index (Phi) is 8.37. The van der Waals surface area contributed by atoms with E-state index in [0.717, 1.165) is 21.5 Å². The highest BCUT2D eigenvalue weighted by atomic mass is 32.2. The quantitative estimate of drug-likeness (QED) is 0.214.